The zero-order valence-corrected chi connectivity index (χ0v) is 18.6. The molecule has 0 aliphatic carbocycles. The Morgan fingerprint density at radius 1 is 1.09 bits per heavy atom. The number of alkyl halides is 4. The van der Waals surface area contributed by atoms with Gasteiger partial charge in [-0.2, -0.15) is 14.5 Å². The molecule has 1 atom stereocenters. The summed E-state index contributed by atoms with van der Waals surface area (Å²) in [7, 11) is -3.82. The minimum atomic E-state index is -3.82. The number of carbonyl (C=O) groups excluding carboxylic acids is 1. The fraction of sp³-hybridized carbons (Fsp3) is 0.611. The highest BCUT2D eigenvalue weighted by atomic mass is 32.2. The molecule has 14 heteroatoms. The summed E-state index contributed by atoms with van der Waals surface area (Å²) < 4.78 is 81.6. The molecule has 0 bridgehead atoms. The number of aryl methyl sites for hydroxylation is 2. The molecule has 1 aliphatic rings. The summed E-state index contributed by atoms with van der Waals surface area (Å²) >= 11 is 0. The summed E-state index contributed by atoms with van der Waals surface area (Å²) in [5.74, 6) is -0.608. The maximum absolute atomic E-state index is 13.3. The first kappa shape index (κ1) is 24.2. The third kappa shape index (κ3) is 4.51. The monoisotopic (exact) mass is 480 g/mol. The van der Waals surface area contributed by atoms with Crippen LogP contribution in [0.25, 0.3) is 0 Å². The van der Waals surface area contributed by atoms with E-state index in [0.717, 1.165) is 0 Å². The molecule has 0 aromatic carbocycles. The molecule has 0 spiro atoms. The molecular weight excluding hydrogens is 456 g/mol. The minimum Gasteiger partial charge on any atom is -0.338 e. The zero-order valence-electron chi connectivity index (χ0n) is 17.8. The number of halogens is 4. The van der Waals surface area contributed by atoms with Crippen LogP contribution >= 0.6 is 0 Å². The number of hydrogen-bond donors (Lipinski definition) is 0. The zero-order chi connectivity index (χ0) is 23.8. The maximum atomic E-state index is 13.3. The van der Waals surface area contributed by atoms with Gasteiger partial charge in [-0.15, -0.1) is 0 Å². The van der Waals surface area contributed by atoms with Gasteiger partial charge < -0.3 is 4.90 Å². The Morgan fingerprint density at radius 3 is 2.22 bits per heavy atom. The normalized spacial score (nSPS) is 16.8. The summed E-state index contributed by atoms with van der Waals surface area (Å²) in [6, 6.07) is -0.665. The molecule has 1 saturated heterocycles. The van der Waals surface area contributed by atoms with Gasteiger partial charge in [0, 0.05) is 38.9 Å². The smallest absolute Gasteiger partial charge is 0.282 e. The Kier molecular flexibility index (Phi) is 6.93. The Balaban J connectivity index is 1.72. The van der Waals surface area contributed by atoms with Crippen molar-refractivity contribution in [1.29, 1.82) is 0 Å². The van der Waals surface area contributed by atoms with Crippen molar-refractivity contribution in [2.75, 3.05) is 26.2 Å². The van der Waals surface area contributed by atoms with Gasteiger partial charge in [0.15, 0.2) is 0 Å². The lowest BCUT2D eigenvalue weighted by Gasteiger charge is -2.35. The van der Waals surface area contributed by atoms with E-state index in [1.807, 2.05) is 6.92 Å². The fourth-order valence-corrected chi connectivity index (χ4v) is 5.17. The predicted octanol–water partition coefficient (Wildman–Crippen LogP) is 2.38. The number of amides is 1. The van der Waals surface area contributed by atoms with E-state index >= 15 is 0 Å². The number of sulfonamides is 1. The summed E-state index contributed by atoms with van der Waals surface area (Å²) in [5, 5.41) is 7.63. The van der Waals surface area contributed by atoms with Crippen LogP contribution in [0.15, 0.2) is 17.2 Å². The average molecular weight is 480 g/mol. The second-order valence-corrected chi connectivity index (χ2v) is 9.29. The Hall–Kier alpha value is -2.48. The van der Waals surface area contributed by atoms with E-state index in [4.69, 9.17) is 0 Å². The van der Waals surface area contributed by atoms with Gasteiger partial charge in [-0.05, 0) is 26.8 Å². The molecule has 2 aromatic heterocycles. The van der Waals surface area contributed by atoms with E-state index < -0.39 is 46.2 Å². The molecule has 1 fully saturated rings. The lowest BCUT2D eigenvalue weighted by Crippen LogP contribution is -2.52. The van der Waals surface area contributed by atoms with Crippen molar-refractivity contribution in [2.45, 2.75) is 51.1 Å². The van der Waals surface area contributed by atoms with E-state index in [2.05, 4.69) is 10.2 Å². The Morgan fingerprint density at radius 2 is 1.72 bits per heavy atom. The largest absolute Gasteiger partial charge is 0.338 e. The second-order valence-electron chi connectivity index (χ2n) is 7.38. The number of carbonyl (C=O) groups is 1. The van der Waals surface area contributed by atoms with E-state index in [1.54, 1.807) is 6.92 Å². The van der Waals surface area contributed by atoms with Gasteiger partial charge in [0.25, 0.3) is 12.9 Å². The first-order valence-corrected chi connectivity index (χ1v) is 11.4. The molecular formula is C18H24F4N6O3S. The number of nitrogens with zero attached hydrogens (tertiary/aromatic N) is 6. The molecule has 0 saturated carbocycles. The minimum absolute atomic E-state index is 0.000629. The van der Waals surface area contributed by atoms with Crippen molar-refractivity contribution < 1.29 is 30.8 Å². The van der Waals surface area contributed by atoms with Crippen LogP contribution < -0.4 is 0 Å². The fourth-order valence-electron chi connectivity index (χ4n) is 3.58. The molecule has 3 heterocycles. The van der Waals surface area contributed by atoms with Gasteiger partial charge in [-0.1, -0.05) is 0 Å². The van der Waals surface area contributed by atoms with Crippen LogP contribution in [0.3, 0.4) is 0 Å². The van der Waals surface area contributed by atoms with Crippen LogP contribution in [0.2, 0.25) is 0 Å². The van der Waals surface area contributed by atoms with E-state index in [1.165, 1.54) is 27.0 Å². The molecule has 32 heavy (non-hydrogen) atoms. The van der Waals surface area contributed by atoms with Gasteiger partial charge in [0.05, 0.1) is 5.69 Å². The van der Waals surface area contributed by atoms with Gasteiger partial charge in [0.1, 0.15) is 22.3 Å². The summed E-state index contributed by atoms with van der Waals surface area (Å²) in [4.78, 5) is 14.2. The lowest BCUT2D eigenvalue weighted by molar-refractivity contribution is -0.135. The van der Waals surface area contributed by atoms with Crippen molar-refractivity contribution >= 4 is 15.9 Å². The van der Waals surface area contributed by atoms with E-state index in [-0.39, 0.29) is 31.1 Å². The van der Waals surface area contributed by atoms with Crippen LogP contribution in [0.4, 0.5) is 17.6 Å². The van der Waals surface area contributed by atoms with Crippen molar-refractivity contribution in [2.24, 2.45) is 0 Å². The van der Waals surface area contributed by atoms with Crippen molar-refractivity contribution in [3.05, 3.63) is 29.3 Å². The molecule has 1 unspecified atom stereocenters. The molecule has 2 aromatic rings. The van der Waals surface area contributed by atoms with Crippen LogP contribution in [0.5, 0.6) is 0 Å². The summed E-state index contributed by atoms with van der Waals surface area (Å²) in [5.41, 5.74) is -1.24. The number of aromatic nitrogens is 4. The van der Waals surface area contributed by atoms with E-state index in [9.17, 15) is 30.8 Å². The predicted molar refractivity (Wildman–Crippen MR) is 105 cm³/mol. The van der Waals surface area contributed by atoms with E-state index in [0.29, 0.717) is 23.0 Å². The van der Waals surface area contributed by atoms with Crippen LogP contribution in [0, 0.1) is 6.92 Å². The molecule has 1 aliphatic heterocycles. The van der Waals surface area contributed by atoms with Crippen molar-refractivity contribution in [3.63, 3.8) is 0 Å². The standard InChI is InChI=1S/C18H24F4N6O3S/c1-4-26-10-15(11(2)23-26)32(30,31)27-7-5-25(6-8-27)18(29)12(3)28-14(17(21)22)9-13(24-28)16(19)20/h9-10,12,16-17H,4-8H2,1-3H3. The number of piperazine rings is 1. The van der Waals surface area contributed by atoms with Gasteiger partial charge in [0.2, 0.25) is 15.9 Å². The van der Waals surface area contributed by atoms with Crippen LogP contribution in [-0.4, -0.2) is 69.3 Å². The highest BCUT2D eigenvalue weighted by Crippen LogP contribution is 2.28. The quantitative estimate of drug-likeness (QED) is 0.568. The number of hydrogen-bond acceptors (Lipinski definition) is 5. The second kappa shape index (κ2) is 9.17. The van der Waals surface area contributed by atoms with Crippen molar-refractivity contribution in [1.82, 2.24) is 28.8 Å². The third-order valence-corrected chi connectivity index (χ3v) is 7.35. The first-order chi connectivity index (χ1) is 15.0. The molecule has 178 valence electrons. The van der Waals surface area contributed by atoms with Crippen LogP contribution in [0.1, 0.15) is 49.8 Å². The van der Waals surface area contributed by atoms with Crippen LogP contribution in [-0.2, 0) is 21.4 Å². The first-order valence-electron chi connectivity index (χ1n) is 9.96. The average Bonchev–Trinajstić information content (AvgIpc) is 3.37. The molecule has 3 rings (SSSR count). The Bertz CT molecular complexity index is 1080. The highest BCUT2D eigenvalue weighted by Gasteiger charge is 2.35. The Labute approximate surface area is 182 Å². The van der Waals surface area contributed by atoms with Gasteiger partial charge in [-0.25, -0.2) is 26.0 Å². The van der Waals surface area contributed by atoms with Crippen molar-refractivity contribution in [3.8, 4) is 0 Å². The maximum Gasteiger partial charge on any atom is 0.282 e. The third-order valence-electron chi connectivity index (χ3n) is 5.35. The summed E-state index contributed by atoms with van der Waals surface area (Å²) in [6.45, 7) is 5.28. The lowest BCUT2D eigenvalue weighted by atomic mass is 10.2. The summed E-state index contributed by atoms with van der Waals surface area (Å²) in [6.07, 6.45) is -4.68. The van der Waals surface area contributed by atoms with Gasteiger partial charge in [-0.3, -0.25) is 14.2 Å². The SMILES string of the molecule is CCn1cc(S(=O)(=O)N2CCN(C(=O)C(C)n3nc(C(F)F)cc3C(F)F)CC2)c(C)n1. The number of rotatable bonds is 7. The van der Waals surface area contributed by atoms with Gasteiger partial charge >= 0.3 is 0 Å². The molecule has 0 N–H and O–H groups in total. The highest BCUT2D eigenvalue weighted by molar-refractivity contribution is 7.89. The topological polar surface area (TPSA) is 93.3 Å². The molecule has 0 radical (unpaired) electrons. The molecule has 1 amide bonds. The molecule has 9 nitrogen and oxygen atoms in total.